The third-order valence-corrected chi connectivity index (χ3v) is 0. The van der Waals surface area contributed by atoms with Crippen LogP contribution in [0.15, 0.2) is 0 Å². The Morgan fingerprint density at radius 1 is 1.33 bits per heavy atom. The lowest BCUT2D eigenvalue weighted by atomic mass is 11.0. The molecule has 40 valence electrons. The van der Waals surface area contributed by atoms with Crippen molar-refractivity contribution in [2.24, 2.45) is 5.14 Å². The van der Waals surface area contributed by atoms with Gasteiger partial charge in [0.2, 0.25) is 0 Å². The molecule has 0 fully saturated rings. The zero-order chi connectivity index (χ0) is 5.58. The molecule has 0 amide bonds. The topological polar surface area (TPSA) is 60.2 Å². The Balaban J connectivity index is 0. The quantitative estimate of drug-likeness (QED) is 0.414. The van der Waals surface area contributed by atoms with E-state index in [1.165, 1.54) is 0 Å². The van der Waals surface area contributed by atoms with Crippen LogP contribution in [-0.4, -0.2) is 8.42 Å². The number of rotatable bonds is 0. The van der Waals surface area contributed by atoms with E-state index in [9.17, 15) is 0 Å². The van der Waals surface area contributed by atoms with Crippen molar-refractivity contribution in [3.8, 4) is 0 Å². The van der Waals surface area contributed by atoms with Gasteiger partial charge < -0.3 is 0 Å². The van der Waals surface area contributed by atoms with Gasteiger partial charge in [-0.05, 0) is 0 Å². The van der Waals surface area contributed by atoms with Crippen molar-refractivity contribution in [1.82, 2.24) is 0 Å². The summed E-state index contributed by atoms with van der Waals surface area (Å²) in [4.78, 5) is 0. The molecule has 2 N–H and O–H groups in total. The van der Waals surface area contributed by atoms with Gasteiger partial charge in [-0.15, -0.1) is 0 Å². The van der Waals surface area contributed by atoms with E-state index in [1.54, 1.807) is 0 Å². The summed E-state index contributed by atoms with van der Waals surface area (Å²) >= 11 is 0. The molecule has 0 bridgehead atoms. The number of thiol groups is 1. The zero-order valence-electron chi connectivity index (χ0n) is 3.84. The van der Waals surface area contributed by atoms with Crippen LogP contribution in [0.4, 0.5) is 0 Å². The summed E-state index contributed by atoms with van der Waals surface area (Å²) in [7, 11) is -2.62. The highest BCUT2D eigenvalue weighted by atomic mass is 32.2. The molecule has 0 rings (SSSR count). The van der Waals surface area contributed by atoms with E-state index in [-0.39, 0.29) is 0 Å². The molecule has 0 unspecified atom stereocenters. The molecule has 0 aromatic heterocycles. The van der Waals surface area contributed by atoms with Crippen molar-refractivity contribution in [3.63, 3.8) is 0 Å². The second-order valence-electron chi connectivity index (χ2n) is 0.285. The number of hydrogen-bond donors (Lipinski definition) is 2. The van der Waals surface area contributed by atoms with E-state index in [0.29, 0.717) is 0 Å². The SMILES string of the molecule is CC.N[SH](=O)=O. The lowest BCUT2D eigenvalue weighted by Crippen LogP contribution is -1.85. The van der Waals surface area contributed by atoms with Crippen molar-refractivity contribution in [1.29, 1.82) is 0 Å². The Hall–Kier alpha value is -0.0900. The molecule has 6 heavy (non-hydrogen) atoms. The maximum absolute atomic E-state index is 8.81. The van der Waals surface area contributed by atoms with Crippen LogP contribution in [0.5, 0.6) is 0 Å². The first kappa shape index (κ1) is 9.32. The standard InChI is InChI=1S/C2H6.H3NO2S/c1-2;1-4(2)3/h1-2H3;4H,(H2,1,2,3). The van der Waals surface area contributed by atoms with Gasteiger partial charge in [-0.2, -0.15) is 0 Å². The van der Waals surface area contributed by atoms with Gasteiger partial charge in [0, 0.05) is 0 Å². The van der Waals surface area contributed by atoms with Crippen molar-refractivity contribution in [2.75, 3.05) is 0 Å². The van der Waals surface area contributed by atoms with Gasteiger partial charge in [-0.1, -0.05) is 13.8 Å². The first-order valence-electron chi connectivity index (χ1n) is 1.62. The molecule has 0 heterocycles. The lowest BCUT2D eigenvalue weighted by Gasteiger charge is -1.44. The fourth-order valence-electron chi connectivity index (χ4n) is 0. The average molecular weight is 111 g/mol. The summed E-state index contributed by atoms with van der Waals surface area (Å²) < 4.78 is 17.6. The molecule has 0 saturated carbocycles. The average Bonchev–Trinajstić information content (AvgIpc) is 1.41. The third kappa shape index (κ3) is 4090. The minimum Gasteiger partial charge on any atom is -0.231 e. The molecule has 0 radical (unpaired) electrons. The molecule has 4 heteroatoms. The Morgan fingerprint density at radius 3 is 1.33 bits per heavy atom. The van der Waals surface area contributed by atoms with E-state index in [4.69, 9.17) is 8.42 Å². The predicted octanol–water partition coefficient (Wildman–Crippen LogP) is -0.502. The highest BCUT2D eigenvalue weighted by Crippen LogP contribution is 1.15. The molecule has 0 aromatic rings. The van der Waals surface area contributed by atoms with Crippen LogP contribution in [0.3, 0.4) is 0 Å². The van der Waals surface area contributed by atoms with Gasteiger partial charge in [0.15, 0.2) is 10.9 Å². The highest BCUT2D eigenvalue weighted by Gasteiger charge is 1.42. The van der Waals surface area contributed by atoms with E-state index in [2.05, 4.69) is 5.14 Å². The molecule has 0 atom stereocenters. The van der Waals surface area contributed by atoms with Crippen molar-refractivity contribution >= 4 is 10.9 Å². The van der Waals surface area contributed by atoms with Gasteiger partial charge in [0.05, 0.1) is 0 Å². The summed E-state index contributed by atoms with van der Waals surface area (Å²) in [5.41, 5.74) is 0. The van der Waals surface area contributed by atoms with Crippen LogP contribution in [0, 0.1) is 0 Å². The van der Waals surface area contributed by atoms with E-state index < -0.39 is 10.9 Å². The van der Waals surface area contributed by atoms with Crippen LogP contribution in [-0.2, 0) is 10.9 Å². The summed E-state index contributed by atoms with van der Waals surface area (Å²) in [5.74, 6) is 0. The minimum atomic E-state index is -2.62. The summed E-state index contributed by atoms with van der Waals surface area (Å²) in [5, 5.41) is 4.06. The molecular formula is C2H9NO2S. The zero-order valence-corrected chi connectivity index (χ0v) is 4.74. The second kappa shape index (κ2) is 8.86. The van der Waals surface area contributed by atoms with Crippen LogP contribution >= 0.6 is 0 Å². The van der Waals surface area contributed by atoms with E-state index in [0.717, 1.165) is 0 Å². The Labute approximate surface area is 39.2 Å². The Kier molecular flexibility index (Phi) is 13.8. The maximum Gasteiger partial charge on any atom is 0.198 e. The number of nitrogens with two attached hydrogens (primary N) is 1. The minimum absolute atomic E-state index is 2.00. The molecule has 0 saturated heterocycles. The molecule has 0 aliphatic heterocycles. The van der Waals surface area contributed by atoms with Gasteiger partial charge in [-0.3, -0.25) is 0 Å². The van der Waals surface area contributed by atoms with Crippen LogP contribution in [0.25, 0.3) is 0 Å². The largest absolute Gasteiger partial charge is 0.231 e. The van der Waals surface area contributed by atoms with Gasteiger partial charge in [-0.25, -0.2) is 13.6 Å². The molecule has 0 aromatic carbocycles. The van der Waals surface area contributed by atoms with Crippen LogP contribution in [0.1, 0.15) is 13.8 Å². The van der Waals surface area contributed by atoms with Crippen molar-refractivity contribution < 1.29 is 8.42 Å². The molecule has 0 aliphatic carbocycles. The first-order valence-corrected chi connectivity index (χ1v) is 2.87. The summed E-state index contributed by atoms with van der Waals surface area (Å²) in [6.07, 6.45) is 0. The summed E-state index contributed by atoms with van der Waals surface area (Å²) in [6, 6.07) is 0. The van der Waals surface area contributed by atoms with Gasteiger partial charge >= 0.3 is 0 Å². The van der Waals surface area contributed by atoms with Gasteiger partial charge in [0.25, 0.3) is 0 Å². The lowest BCUT2D eigenvalue weighted by molar-refractivity contribution is 0.616. The normalized spacial score (nSPS) is 6.67. The first-order chi connectivity index (χ1) is 2.73. The van der Waals surface area contributed by atoms with E-state index >= 15 is 0 Å². The smallest absolute Gasteiger partial charge is 0.198 e. The highest BCUT2D eigenvalue weighted by molar-refractivity contribution is 7.69. The second-order valence-corrected chi connectivity index (χ2v) is 0.856. The van der Waals surface area contributed by atoms with Crippen LogP contribution in [0.2, 0.25) is 0 Å². The van der Waals surface area contributed by atoms with Crippen molar-refractivity contribution in [3.05, 3.63) is 0 Å². The predicted molar refractivity (Wildman–Crippen MR) is 25.9 cm³/mol. The monoisotopic (exact) mass is 111 g/mol. The van der Waals surface area contributed by atoms with Gasteiger partial charge in [0.1, 0.15) is 0 Å². The maximum atomic E-state index is 8.81. The summed E-state index contributed by atoms with van der Waals surface area (Å²) in [6.45, 7) is 4.00. The van der Waals surface area contributed by atoms with Crippen molar-refractivity contribution in [2.45, 2.75) is 13.8 Å². The molecular weight excluding hydrogens is 102 g/mol. The molecule has 0 aliphatic rings. The van der Waals surface area contributed by atoms with Crippen LogP contribution < -0.4 is 5.14 Å². The Morgan fingerprint density at radius 2 is 1.33 bits per heavy atom. The fourth-order valence-corrected chi connectivity index (χ4v) is 0. The van der Waals surface area contributed by atoms with E-state index in [1.807, 2.05) is 13.8 Å². The number of hydrogen-bond acceptors (Lipinski definition) is 2. The molecule has 3 nitrogen and oxygen atoms in total. The third-order valence-electron chi connectivity index (χ3n) is 0. The fraction of sp³-hybridized carbons (Fsp3) is 1.00. The molecule has 0 spiro atoms. The Bertz CT molecular complexity index is 59.9.